The Labute approximate surface area is 111 Å². The first-order chi connectivity index (χ1) is 8.09. The number of hydrogen-bond acceptors (Lipinski definition) is 2. The number of rotatable bonds is 2. The molecule has 1 heterocycles. The fourth-order valence-corrected chi connectivity index (χ4v) is 1.95. The number of amides is 1. The van der Waals surface area contributed by atoms with E-state index < -0.39 is 11.7 Å². The minimum Gasteiger partial charge on any atom is -0.366 e. The van der Waals surface area contributed by atoms with Gasteiger partial charge >= 0.3 is 0 Å². The van der Waals surface area contributed by atoms with E-state index in [1.54, 1.807) is 18.2 Å². The number of nitrogens with zero attached hydrogens (tertiary/aromatic N) is 1. The zero-order valence-electron chi connectivity index (χ0n) is 8.65. The predicted octanol–water partition coefficient (Wildman–Crippen LogP) is 2.59. The van der Waals surface area contributed by atoms with Crippen molar-refractivity contribution in [1.29, 1.82) is 0 Å². The van der Waals surface area contributed by atoms with Crippen molar-refractivity contribution in [3.8, 4) is 11.3 Å². The smallest absolute Gasteiger partial charge is 0.250 e. The predicted molar refractivity (Wildman–Crippen MR) is 70.9 cm³/mol. The zero-order valence-corrected chi connectivity index (χ0v) is 10.8. The van der Waals surface area contributed by atoms with E-state index in [4.69, 9.17) is 5.73 Å². The second kappa shape index (κ2) is 4.79. The van der Waals surface area contributed by atoms with Gasteiger partial charge in [0.15, 0.2) is 0 Å². The largest absolute Gasteiger partial charge is 0.366 e. The monoisotopic (exact) mass is 342 g/mol. The Kier molecular flexibility index (Phi) is 3.37. The molecule has 0 aliphatic heterocycles. The molecule has 5 heteroatoms. The van der Waals surface area contributed by atoms with E-state index in [0.29, 0.717) is 0 Å². The van der Waals surface area contributed by atoms with Crippen LogP contribution in [0, 0.1) is 9.39 Å². The molecule has 0 saturated carbocycles. The third-order valence-electron chi connectivity index (χ3n) is 2.26. The fourth-order valence-electron chi connectivity index (χ4n) is 1.50. The van der Waals surface area contributed by atoms with Crippen molar-refractivity contribution < 1.29 is 9.18 Å². The molecule has 2 N–H and O–H groups in total. The SMILES string of the molecule is NC(=O)c1cccnc1-c1ccc(I)cc1F. The van der Waals surface area contributed by atoms with Crippen LogP contribution >= 0.6 is 22.6 Å². The van der Waals surface area contributed by atoms with Crippen LogP contribution in [0.1, 0.15) is 10.4 Å². The summed E-state index contributed by atoms with van der Waals surface area (Å²) >= 11 is 2.01. The highest BCUT2D eigenvalue weighted by atomic mass is 127. The maximum absolute atomic E-state index is 13.8. The van der Waals surface area contributed by atoms with Gasteiger partial charge in [0.1, 0.15) is 5.82 Å². The van der Waals surface area contributed by atoms with Gasteiger partial charge in [-0.2, -0.15) is 0 Å². The second-order valence-electron chi connectivity index (χ2n) is 3.39. The molecule has 0 aliphatic carbocycles. The van der Waals surface area contributed by atoms with Crippen LogP contribution in [0.3, 0.4) is 0 Å². The molecule has 1 amide bonds. The van der Waals surface area contributed by atoms with Crippen molar-refractivity contribution in [2.45, 2.75) is 0 Å². The van der Waals surface area contributed by atoms with E-state index in [1.165, 1.54) is 18.3 Å². The average molecular weight is 342 g/mol. The Bertz CT molecular complexity index is 586. The third-order valence-corrected chi connectivity index (χ3v) is 2.93. The molecule has 1 aromatic carbocycles. The van der Waals surface area contributed by atoms with Crippen LogP contribution in [0.2, 0.25) is 0 Å². The minimum atomic E-state index is -0.619. The molecule has 86 valence electrons. The summed E-state index contributed by atoms with van der Waals surface area (Å²) in [4.78, 5) is 15.2. The van der Waals surface area contributed by atoms with Gasteiger partial charge in [0.25, 0.3) is 5.91 Å². The van der Waals surface area contributed by atoms with Gasteiger partial charge in [0.2, 0.25) is 0 Å². The highest BCUT2D eigenvalue weighted by Gasteiger charge is 2.14. The number of carbonyl (C=O) groups is 1. The molecule has 1 aromatic heterocycles. The molecular formula is C12H8FIN2O. The van der Waals surface area contributed by atoms with E-state index in [9.17, 15) is 9.18 Å². The van der Waals surface area contributed by atoms with Gasteiger partial charge in [-0.05, 0) is 52.9 Å². The molecule has 2 aromatic rings. The molecule has 0 spiro atoms. The maximum Gasteiger partial charge on any atom is 0.250 e. The average Bonchev–Trinajstić information content (AvgIpc) is 2.29. The molecule has 3 nitrogen and oxygen atoms in total. The van der Waals surface area contributed by atoms with Gasteiger partial charge in [-0.15, -0.1) is 0 Å². The van der Waals surface area contributed by atoms with Crippen molar-refractivity contribution in [3.63, 3.8) is 0 Å². The van der Waals surface area contributed by atoms with Gasteiger partial charge in [-0.3, -0.25) is 9.78 Å². The molecule has 0 fully saturated rings. The summed E-state index contributed by atoms with van der Waals surface area (Å²) in [6, 6.07) is 7.84. The molecule has 0 radical (unpaired) electrons. The highest BCUT2D eigenvalue weighted by Crippen LogP contribution is 2.25. The lowest BCUT2D eigenvalue weighted by Gasteiger charge is -2.06. The first-order valence-corrected chi connectivity index (χ1v) is 5.87. The van der Waals surface area contributed by atoms with Crippen molar-refractivity contribution in [1.82, 2.24) is 4.98 Å². The van der Waals surface area contributed by atoms with E-state index >= 15 is 0 Å². The number of carbonyl (C=O) groups excluding carboxylic acids is 1. The molecule has 0 aliphatic rings. The standard InChI is InChI=1S/C12H8FIN2O/c13-10-6-7(14)3-4-8(10)11-9(12(15)17)2-1-5-16-11/h1-6H,(H2,15,17). The van der Waals surface area contributed by atoms with Gasteiger partial charge < -0.3 is 5.73 Å². The Morgan fingerprint density at radius 1 is 1.35 bits per heavy atom. The van der Waals surface area contributed by atoms with E-state index in [2.05, 4.69) is 4.98 Å². The molecule has 0 unspecified atom stereocenters. The van der Waals surface area contributed by atoms with E-state index in [0.717, 1.165) is 3.57 Å². The number of primary amides is 1. The van der Waals surface area contributed by atoms with Crippen molar-refractivity contribution >= 4 is 28.5 Å². The molecule has 17 heavy (non-hydrogen) atoms. The summed E-state index contributed by atoms with van der Waals surface area (Å²) in [6.45, 7) is 0. The van der Waals surface area contributed by atoms with Crippen molar-refractivity contribution in [3.05, 3.63) is 51.5 Å². The Balaban J connectivity index is 2.64. The lowest BCUT2D eigenvalue weighted by molar-refractivity contribution is 0.100. The number of benzene rings is 1. The molecule has 2 rings (SSSR count). The van der Waals surface area contributed by atoms with E-state index in [-0.39, 0.29) is 16.8 Å². The topological polar surface area (TPSA) is 56.0 Å². The number of aromatic nitrogens is 1. The highest BCUT2D eigenvalue weighted by molar-refractivity contribution is 14.1. The summed E-state index contributed by atoms with van der Waals surface area (Å²) < 4.78 is 14.6. The summed E-state index contributed by atoms with van der Waals surface area (Å²) in [6.07, 6.45) is 1.50. The van der Waals surface area contributed by atoms with E-state index in [1.807, 2.05) is 22.6 Å². The second-order valence-corrected chi connectivity index (χ2v) is 4.63. The normalized spacial score (nSPS) is 10.2. The summed E-state index contributed by atoms with van der Waals surface area (Å²) in [5, 5.41) is 0. The number of pyridine rings is 1. The summed E-state index contributed by atoms with van der Waals surface area (Å²) in [5.41, 5.74) is 5.99. The van der Waals surface area contributed by atoms with Gasteiger partial charge in [0, 0.05) is 15.3 Å². The van der Waals surface area contributed by atoms with Crippen LogP contribution < -0.4 is 5.73 Å². The molecule has 0 saturated heterocycles. The fraction of sp³-hybridized carbons (Fsp3) is 0. The number of halogens is 2. The van der Waals surface area contributed by atoms with Crippen LogP contribution in [-0.2, 0) is 0 Å². The van der Waals surface area contributed by atoms with Crippen molar-refractivity contribution in [2.75, 3.05) is 0 Å². The summed E-state index contributed by atoms with van der Waals surface area (Å²) in [7, 11) is 0. The van der Waals surface area contributed by atoms with Gasteiger partial charge in [0.05, 0.1) is 11.3 Å². The van der Waals surface area contributed by atoms with Crippen LogP contribution in [0.25, 0.3) is 11.3 Å². The lowest BCUT2D eigenvalue weighted by Crippen LogP contribution is -2.13. The zero-order chi connectivity index (χ0) is 12.4. The summed E-state index contributed by atoms with van der Waals surface area (Å²) in [5.74, 6) is -1.04. The van der Waals surface area contributed by atoms with Crippen LogP contribution in [0.15, 0.2) is 36.5 Å². The van der Waals surface area contributed by atoms with Crippen LogP contribution in [0.5, 0.6) is 0 Å². The Morgan fingerprint density at radius 2 is 2.12 bits per heavy atom. The van der Waals surface area contributed by atoms with Crippen LogP contribution in [-0.4, -0.2) is 10.9 Å². The first-order valence-electron chi connectivity index (χ1n) is 4.80. The van der Waals surface area contributed by atoms with Gasteiger partial charge in [-0.25, -0.2) is 4.39 Å². The Hall–Kier alpha value is -1.50. The lowest BCUT2D eigenvalue weighted by atomic mass is 10.1. The maximum atomic E-state index is 13.8. The molecular weight excluding hydrogens is 334 g/mol. The molecule has 0 atom stereocenters. The third kappa shape index (κ3) is 2.44. The Morgan fingerprint density at radius 3 is 2.76 bits per heavy atom. The van der Waals surface area contributed by atoms with Gasteiger partial charge in [-0.1, -0.05) is 0 Å². The minimum absolute atomic E-state index is 0.215. The first kappa shape index (κ1) is 12.0. The number of hydrogen-bond donors (Lipinski definition) is 1. The quantitative estimate of drug-likeness (QED) is 0.853. The number of nitrogens with two attached hydrogens (primary N) is 1. The molecule has 0 bridgehead atoms. The van der Waals surface area contributed by atoms with Crippen molar-refractivity contribution in [2.24, 2.45) is 5.73 Å². The van der Waals surface area contributed by atoms with Crippen LogP contribution in [0.4, 0.5) is 4.39 Å².